The van der Waals surface area contributed by atoms with Gasteiger partial charge in [-0.25, -0.2) is 9.59 Å². The van der Waals surface area contributed by atoms with E-state index in [1.165, 1.54) is 7.11 Å². The number of rotatable bonds is 5. The zero-order valence-electron chi connectivity index (χ0n) is 19.0. The van der Waals surface area contributed by atoms with Gasteiger partial charge in [0.25, 0.3) is 0 Å². The fourth-order valence-electron chi connectivity index (χ4n) is 6.05. The summed E-state index contributed by atoms with van der Waals surface area (Å²) in [6, 6.07) is 12.1. The topological polar surface area (TPSA) is 125 Å². The van der Waals surface area contributed by atoms with Crippen LogP contribution in [0, 0.1) is 23.2 Å². The van der Waals surface area contributed by atoms with E-state index >= 15 is 0 Å². The standard InChI is InChI=1S/C25H23N5O5/c1-34-23(32)28-9-21-20-7-16-6-14(2-4-19(16)30(20)24(33)35-21)15-3-5-22(27-8-15)25(12-26)17-10-29(13-31)11-18(17)25/h2-6,8,13,17-18,20-21H,7,9-11H2,1H3,(H,28,32)/t17-,18+,20-,21-,25+/m0/s1. The van der Waals surface area contributed by atoms with Crippen molar-refractivity contribution < 1.29 is 23.9 Å². The van der Waals surface area contributed by atoms with Gasteiger partial charge in [-0.05, 0) is 35.7 Å². The number of piperidine rings is 1. The van der Waals surface area contributed by atoms with Crippen LogP contribution in [0.15, 0.2) is 36.5 Å². The molecule has 3 amide bonds. The molecule has 1 aromatic carbocycles. The van der Waals surface area contributed by atoms with E-state index in [4.69, 9.17) is 4.74 Å². The van der Waals surface area contributed by atoms with E-state index in [1.54, 1.807) is 16.0 Å². The number of carbonyl (C=O) groups excluding carboxylic acids is 3. The highest BCUT2D eigenvalue weighted by atomic mass is 16.6. The van der Waals surface area contributed by atoms with Gasteiger partial charge in [-0.1, -0.05) is 12.1 Å². The Kier molecular flexibility index (Phi) is 4.71. The van der Waals surface area contributed by atoms with Gasteiger partial charge in [0.1, 0.15) is 11.5 Å². The van der Waals surface area contributed by atoms with E-state index < -0.39 is 23.7 Å². The number of aromatic nitrogens is 1. The van der Waals surface area contributed by atoms with Gasteiger partial charge in [-0.2, -0.15) is 5.26 Å². The summed E-state index contributed by atoms with van der Waals surface area (Å²) in [5.41, 5.74) is 3.88. The Hall–Kier alpha value is -4.13. The maximum Gasteiger partial charge on any atom is 0.415 e. The number of nitrogens with one attached hydrogen (secondary N) is 1. The number of nitrogens with zero attached hydrogens (tertiary/aromatic N) is 4. The van der Waals surface area contributed by atoms with Crippen molar-refractivity contribution in [1.29, 1.82) is 5.26 Å². The molecule has 35 heavy (non-hydrogen) atoms. The lowest BCUT2D eigenvalue weighted by Crippen LogP contribution is -2.40. The van der Waals surface area contributed by atoms with Crippen molar-refractivity contribution in [3.8, 4) is 17.2 Å². The van der Waals surface area contributed by atoms with E-state index in [0.29, 0.717) is 19.5 Å². The number of alkyl carbamates (subject to hydrolysis) is 1. The first-order valence-electron chi connectivity index (χ1n) is 11.5. The van der Waals surface area contributed by atoms with Crippen LogP contribution >= 0.6 is 0 Å². The number of hydrogen-bond acceptors (Lipinski definition) is 7. The highest BCUT2D eigenvalue weighted by Gasteiger charge is 2.70. The van der Waals surface area contributed by atoms with Crippen LogP contribution in [0.4, 0.5) is 15.3 Å². The van der Waals surface area contributed by atoms with Crippen molar-refractivity contribution in [2.24, 2.45) is 11.8 Å². The Bertz CT molecular complexity index is 1260. The third kappa shape index (κ3) is 3.07. The highest BCUT2D eigenvalue weighted by Crippen LogP contribution is 2.62. The molecule has 2 saturated heterocycles. The van der Waals surface area contributed by atoms with Gasteiger partial charge >= 0.3 is 12.2 Å². The van der Waals surface area contributed by atoms with Crippen molar-refractivity contribution in [1.82, 2.24) is 15.2 Å². The van der Waals surface area contributed by atoms with Gasteiger partial charge in [-0.3, -0.25) is 14.7 Å². The SMILES string of the molecule is COC(=O)NC[C@@H]1OC(=O)N2c3ccc(-c4ccc([C@@]5(C#N)[C@@H]6CN(C=O)C[C@@H]65)nc4)cc3C[C@@H]12. The smallest absolute Gasteiger partial charge is 0.415 e. The molecule has 1 aliphatic carbocycles. The molecule has 10 heteroatoms. The average molecular weight is 473 g/mol. The molecule has 2 aromatic rings. The molecule has 1 aromatic heterocycles. The third-order valence-corrected chi connectivity index (χ3v) is 7.87. The number of cyclic esters (lactones) is 1. The molecule has 0 radical (unpaired) electrons. The summed E-state index contributed by atoms with van der Waals surface area (Å²) in [6.07, 6.45) is 1.79. The molecule has 178 valence electrons. The molecule has 3 fully saturated rings. The lowest BCUT2D eigenvalue weighted by molar-refractivity contribution is -0.117. The highest BCUT2D eigenvalue weighted by molar-refractivity contribution is 5.94. The summed E-state index contributed by atoms with van der Waals surface area (Å²) in [5.74, 6) is 0.289. The Morgan fingerprint density at radius 1 is 1.31 bits per heavy atom. The van der Waals surface area contributed by atoms with Gasteiger partial charge in [0.2, 0.25) is 6.41 Å². The Morgan fingerprint density at radius 3 is 2.74 bits per heavy atom. The maximum absolute atomic E-state index is 12.5. The number of ether oxygens (including phenoxy) is 2. The first-order chi connectivity index (χ1) is 17.0. The normalized spacial score (nSPS) is 29.5. The van der Waals surface area contributed by atoms with Crippen LogP contribution in [0.25, 0.3) is 11.1 Å². The number of hydrogen-bond donors (Lipinski definition) is 1. The summed E-state index contributed by atoms with van der Waals surface area (Å²) >= 11 is 0. The van der Waals surface area contributed by atoms with E-state index in [0.717, 1.165) is 34.5 Å². The average Bonchev–Trinajstić information content (AvgIpc) is 3.25. The molecule has 1 saturated carbocycles. The van der Waals surface area contributed by atoms with Gasteiger partial charge in [0, 0.05) is 36.7 Å². The molecular formula is C25H23N5O5. The zero-order valence-corrected chi connectivity index (χ0v) is 19.0. The number of amides is 3. The van der Waals surface area contributed by atoms with Crippen molar-refractivity contribution in [2.45, 2.75) is 24.0 Å². The fraction of sp³-hybridized carbons (Fsp3) is 0.400. The predicted molar refractivity (Wildman–Crippen MR) is 122 cm³/mol. The lowest BCUT2D eigenvalue weighted by atomic mass is 9.95. The minimum atomic E-state index is -0.603. The number of benzene rings is 1. The largest absolute Gasteiger partial charge is 0.453 e. The number of fused-ring (bicyclic) bond motifs is 4. The van der Waals surface area contributed by atoms with E-state index in [-0.39, 0.29) is 24.4 Å². The van der Waals surface area contributed by atoms with Crippen molar-refractivity contribution >= 4 is 24.3 Å². The number of anilines is 1. The maximum atomic E-state index is 12.5. The molecule has 4 aliphatic rings. The van der Waals surface area contributed by atoms with Crippen LogP contribution in [0.2, 0.25) is 0 Å². The minimum Gasteiger partial charge on any atom is -0.453 e. The predicted octanol–water partition coefficient (Wildman–Crippen LogP) is 1.83. The number of likely N-dealkylation sites (tertiary alicyclic amines) is 1. The second-order valence-electron chi connectivity index (χ2n) is 9.46. The molecule has 3 aliphatic heterocycles. The second kappa shape index (κ2) is 7.70. The molecule has 0 bridgehead atoms. The van der Waals surface area contributed by atoms with Gasteiger partial charge in [0.15, 0.2) is 0 Å². The Balaban J connectivity index is 1.20. The van der Waals surface area contributed by atoms with Crippen molar-refractivity contribution in [2.75, 3.05) is 31.6 Å². The number of pyridine rings is 1. The van der Waals surface area contributed by atoms with Crippen LogP contribution < -0.4 is 10.2 Å². The molecule has 1 N–H and O–H groups in total. The van der Waals surface area contributed by atoms with Crippen LogP contribution in [-0.2, 0) is 26.1 Å². The van der Waals surface area contributed by atoms with Gasteiger partial charge in [0.05, 0.1) is 37.1 Å². The summed E-state index contributed by atoms with van der Waals surface area (Å²) in [4.78, 5) is 43.0. The van der Waals surface area contributed by atoms with Crippen molar-refractivity contribution in [3.05, 3.63) is 47.8 Å². The number of methoxy groups -OCH3 is 1. The van der Waals surface area contributed by atoms with Crippen LogP contribution in [0.1, 0.15) is 11.3 Å². The van der Waals surface area contributed by atoms with Gasteiger partial charge in [-0.15, -0.1) is 0 Å². The molecule has 5 atom stereocenters. The lowest BCUT2D eigenvalue weighted by Gasteiger charge is -2.18. The Morgan fingerprint density at radius 2 is 2.09 bits per heavy atom. The van der Waals surface area contributed by atoms with Gasteiger partial charge < -0.3 is 19.7 Å². The summed E-state index contributed by atoms with van der Waals surface area (Å²) in [5, 5.41) is 12.5. The molecular weight excluding hydrogens is 450 g/mol. The first-order valence-corrected chi connectivity index (χ1v) is 11.5. The summed E-state index contributed by atoms with van der Waals surface area (Å²) in [6.45, 7) is 1.39. The first kappa shape index (κ1) is 21.4. The van der Waals surface area contributed by atoms with Crippen LogP contribution in [0.3, 0.4) is 0 Å². The fourth-order valence-corrected chi connectivity index (χ4v) is 6.05. The van der Waals surface area contributed by atoms with Crippen molar-refractivity contribution in [3.63, 3.8) is 0 Å². The van der Waals surface area contributed by atoms with Crippen LogP contribution in [-0.4, -0.2) is 67.4 Å². The molecule has 10 nitrogen and oxygen atoms in total. The van der Waals surface area contributed by atoms with E-state index in [9.17, 15) is 19.6 Å². The summed E-state index contributed by atoms with van der Waals surface area (Å²) in [7, 11) is 1.29. The second-order valence-corrected chi connectivity index (χ2v) is 9.46. The molecule has 0 unspecified atom stereocenters. The molecule has 0 spiro atoms. The van der Waals surface area contributed by atoms with E-state index in [1.807, 2.05) is 24.3 Å². The monoisotopic (exact) mass is 473 g/mol. The third-order valence-electron chi connectivity index (χ3n) is 7.87. The number of carbonyl (C=O) groups is 3. The molecule has 4 heterocycles. The minimum absolute atomic E-state index is 0.144. The zero-order chi connectivity index (χ0) is 24.3. The van der Waals surface area contributed by atoms with E-state index in [2.05, 4.69) is 27.2 Å². The Labute approximate surface area is 201 Å². The molecule has 6 rings (SSSR count). The number of nitriles is 1. The quantitative estimate of drug-likeness (QED) is 0.657. The van der Waals surface area contributed by atoms with Crippen LogP contribution in [0.5, 0.6) is 0 Å². The summed E-state index contributed by atoms with van der Waals surface area (Å²) < 4.78 is 10.1.